The zero-order chi connectivity index (χ0) is 15.0. The summed E-state index contributed by atoms with van der Waals surface area (Å²) in [7, 11) is -3.66. The fourth-order valence-corrected chi connectivity index (χ4v) is 2.99. The molecule has 1 heterocycles. The number of hydrazine groups is 1. The molecule has 0 fully saturated rings. The molecular formula is C14H16N4O2S. The average Bonchev–Trinajstić information content (AvgIpc) is 2.83. The number of primary sulfonamides is 1. The Morgan fingerprint density at radius 2 is 1.81 bits per heavy atom. The first-order valence-corrected chi connectivity index (χ1v) is 8.04. The third-order valence-electron chi connectivity index (χ3n) is 3.47. The van der Waals surface area contributed by atoms with Crippen molar-refractivity contribution in [2.75, 3.05) is 22.7 Å². The van der Waals surface area contributed by atoms with Crippen molar-refractivity contribution in [2.24, 2.45) is 5.14 Å². The van der Waals surface area contributed by atoms with Gasteiger partial charge in [-0.05, 0) is 42.3 Å². The number of nitrogens with zero attached hydrogens (tertiary/aromatic N) is 1. The van der Waals surface area contributed by atoms with E-state index >= 15 is 0 Å². The van der Waals surface area contributed by atoms with Gasteiger partial charge in [0.25, 0.3) is 0 Å². The minimum atomic E-state index is -3.66. The molecule has 0 bridgehead atoms. The van der Waals surface area contributed by atoms with Crippen LogP contribution in [0.15, 0.2) is 47.4 Å². The lowest BCUT2D eigenvalue weighted by molar-refractivity contribution is 0.598. The fourth-order valence-electron chi connectivity index (χ4n) is 2.47. The molecule has 0 saturated carbocycles. The number of fused-ring (bicyclic) bond motifs is 1. The van der Waals surface area contributed by atoms with E-state index < -0.39 is 10.0 Å². The molecule has 1 aliphatic rings. The number of rotatable bonds is 3. The Balaban J connectivity index is 1.84. The number of hydrogen-bond acceptors (Lipinski definition) is 5. The van der Waals surface area contributed by atoms with Crippen LogP contribution in [0.5, 0.6) is 0 Å². The van der Waals surface area contributed by atoms with E-state index in [4.69, 9.17) is 10.9 Å². The van der Waals surface area contributed by atoms with Crippen LogP contribution in [0.25, 0.3) is 0 Å². The Morgan fingerprint density at radius 1 is 1.10 bits per heavy atom. The van der Waals surface area contributed by atoms with Gasteiger partial charge in [-0.25, -0.2) is 13.6 Å². The van der Waals surface area contributed by atoms with Crippen LogP contribution in [-0.2, 0) is 16.4 Å². The van der Waals surface area contributed by atoms with E-state index in [9.17, 15) is 8.42 Å². The van der Waals surface area contributed by atoms with Crippen molar-refractivity contribution in [2.45, 2.75) is 11.3 Å². The van der Waals surface area contributed by atoms with Crippen LogP contribution in [0.3, 0.4) is 0 Å². The number of sulfonamides is 1. The van der Waals surface area contributed by atoms with Crippen molar-refractivity contribution in [3.05, 3.63) is 48.0 Å². The Hall–Kier alpha value is -2.25. The monoisotopic (exact) mass is 304 g/mol. The highest BCUT2D eigenvalue weighted by atomic mass is 32.2. The van der Waals surface area contributed by atoms with E-state index in [1.165, 1.54) is 17.7 Å². The van der Waals surface area contributed by atoms with Gasteiger partial charge in [0.05, 0.1) is 22.0 Å². The summed E-state index contributed by atoms with van der Waals surface area (Å²) >= 11 is 0. The van der Waals surface area contributed by atoms with Crippen molar-refractivity contribution >= 4 is 27.1 Å². The van der Waals surface area contributed by atoms with Crippen LogP contribution < -0.4 is 21.3 Å². The molecule has 0 unspecified atom stereocenters. The number of nitrogens with one attached hydrogen (secondary N) is 1. The van der Waals surface area contributed by atoms with Crippen molar-refractivity contribution in [3.8, 4) is 0 Å². The molecule has 0 radical (unpaired) electrons. The number of nitrogens with two attached hydrogens (primary N) is 2. The predicted octanol–water partition coefficient (Wildman–Crippen LogP) is 1.31. The second-order valence-corrected chi connectivity index (χ2v) is 6.50. The SMILES string of the molecule is Nc1cccc2c1N(Nc1ccc(S(N)(=O)=O)cc1)CC2. The zero-order valence-electron chi connectivity index (χ0n) is 11.3. The Morgan fingerprint density at radius 3 is 2.48 bits per heavy atom. The molecule has 110 valence electrons. The minimum Gasteiger partial charge on any atom is -0.397 e. The lowest BCUT2D eigenvalue weighted by atomic mass is 10.1. The summed E-state index contributed by atoms with van der Waals surface area (Å²) < 4.78 is 22.5. The molecule has 1 aliphatic heterocycles. The van der Waals surface area contributed by atoms with Crippen LogP contribution in [-0.4, -0.2) is 15.0 Å². The third-order valence-corrected chi connectivity index (χ3v) is 4.40. The summed E-state index contributed by atoms with van der Waals surface area (Å²) in [5.41, 5.74) is 12.9. The van der Waals surface area contributed by atoms with Gasteiger partial charge in [0.1, 0.15) is 0 Å². The van der Waals surface area contributed by atoms with Crippen LogP contribution in [0.2, 0.25) is 0 Å². The van der Waals surface area contributed by atoms with E-state index in [0.717, 1.165) is 30.0 Å². The molecule has 0 spiro atoms. The predicted molar refractivity (Wildman–Crippen MR) is 83.3 cm³/mol. The van der Waals surface area contributed by atoms with Gasteiger partial charge in [0.15, 0.2) is 0 Å². The first kappa shape index (κ1) is 13.7. The second kappa shape index (κ2) is 4.94. The number of nitrogen functional groups attached to an aromatic ring is 1. The van der Waals surface area contributed by atoms with Crippen LogP contribution >= 0.6 is 0 Å². The maximum Gasteiger partial charge on any atom is 0.238 e. The highest BCUT2D eigenvalue weighted by molar-refractivity contribution is 7.89. The molecule has 2 aromatic carbocycles. The summed E-state index contributed by atoms with van der Waals surface area (Å²) in [6, 6.07) is 12.2. The number of benzene rings is 2. The van der Waals surface area contributed by atoms with Crippen molar-refractivity contribution in [3.63, 3.8) is 0 Å². The average molecular weight is 304 g/mol. The lowest BCUT2D eigenvalue weighted by Crippen LogP contribution is -2.28. The fraction of sp³-hybridized carbons (Fsp3) is 0.143. The zero-order valence-corrected chi connectivity index (χ0v) is 12.1. The third kappa shape index (κ3) is 2.65. The maximum atomic E-state index is 11.2. The first-order chi connectivity index (χ1) is 9.95. The lowest BCUT2D eigenvalue weighted by Gasteiger charge is -2.23. The summed E-state index contributed by atoms with van der Waals surface area (Å²) in [5, 5.41) is 7.05. The van der Waals surface area contributed by atoms with Gasteiger partial charge in [-0.2, -0.15) is 0 Å². The van der Waals surface area contributed by atoms with E-state index in [-0.39, 0.29) is 4.90 Å². The normalized spacial score (nSPS) is 14.0. The van der Waals surface area contributed by atoms with Crippen LogP contribution in [0, 0.1) is 0 Å². The molecule has 3 rings (SSSR count). The van der Waals surface area contributed by atoms with Gasteiger partial charge in [-0.3, -0.25) is 10.4 Å². The van der Waals surface area contributed by atoms with Crippen LogP contribution in [0.1, 0.15) is 5.56 Å². The van der Waals surface area contributed by atoms with Gasteiger partial charge < -0.3 is 5.73 Å². The quantitative estimate of drug-likeness (QED) is 0.742. The van der Waals surface area contributed by atoms with Crippen LogP contribution in [0.4, 0.5) is 17.1 Å². The van der Waals surface area contributed by atoms with Crippen molar-refractivity contribution < 1.29 is 8.42 Å². The maximum absolute atomic E-state index is 11.2. The van der Waals surface area contributed by atoms with Gasteiger partial charge >= 0.3 is 0 Å². The Labute approximate surface area is 123 Å². The van der Waals surface area contributed by atoms with E-state index in [1.807, 2.05) is 17.1 Å². The number of anilines is 3. The first-order valence-electron chi connectivity index (χ1n) is 6.49. The van der Waals surface area contributed by atoms with Gasteiger partial charge in [-0.1, -0.05) is 12.1 Å². The molecule has 0 atom stereocenters. The van der Waals surface area contributed by atoms with Crippen molar-refractivity contribution in [1.82, 2.24) is 0 Å². The van der Waals surface area contributed by atoms with Crippen molar-refractivity contribution in [1.29, 1.82) is 0 Å². The highest BCUT2D eigenvalue weighted by Gasteiger charge is 2.21. The molecule has 0 saturated heterocycles. The number of hydrogen-bond donors (Lipinski definition) is 3. The molecule has 0 aromatic heterocycles. The topological polar surface area (TPSA) is 101 Å². The highest BCUT2D eigenvalue weighted by Crippen LogP contribution is 2.33. The molecule has 2 aromatic rings. The summed E-state index contributed by atoms with van der Waals surface area (Å²) in [6.07, 6.45) is 0.919. The van der Waals surface area contributed by atoms with Gasteiger partial charge in [-0.15, -0.1) is 0 Å². The largest absolute Gasteiger partial charge is 0.397 e. The van der Waals surface area contributed by atoms with Gasteiger partial charge in [0, 0.05) is 6.54 Å². The van der Waals surface area contributed by atoms with E-state index in [2.05, 4.69) is 11.5 Å². The molecule has 21 heavy (non-hydrogen) atoms. The summed E-state index contributed by atoms with van der Waals surface area (Å²) in [4.78, 5) is 0.0920. The van der Waals surface area contributed by atoms with E-state index in [1.54, 1.807) is 12.1 Å². The summed E-state index contributed by atoms with van der Waals surface area (Å²) in [5.74, 6) is 0. The van der Waals surface area contributed by atoms with Gasteiger partial charge in [0.2, 0.25) is 10.0 Å². The summed E-state index contributed by atoms with van der Waals surface area (Å²) in [6.45, 7) is 0.806. The molecule has 0 aliphatic carbocycles. The Kier molecular flexibility index (Phi) is 3.23. The molecule has 5 N–H and O–H groups in total. The molecule has 7 heteroatoms. The molecular weight excluding hydrogens is 288 g/mol. The number of para-hydroxylation sites is 1. The second-order valence-electron chi connectivity index (χ2n) is 4.94. The van der Waals surface area contributed by atoms with E-state index in [0.29, 0.717) is 0 Å². The molecule has 6 nitrogen and oxygen atoms in total. The molecule has 0 amide bonds. The smallest absolute Gasteiger partial charge is 0.238 e. The Bertz CT molecular complexity index is 772. The minimum absolute atomic E-state index is 0.0920. The standard InChI is InChI=1S/C14H16N4O2S/c15-13-3-1-2-10-8-9-18(14(10)13)17-11-4-6-12(7-5-11)21(16,19)20/h1-7,17H,8-9,15H2,(H2,16,19,20).